The maximum atomic E-state index is 12.8. The third-order valence-corrected chi connectivity index (χ3v) is 5.65. The number of rotatable bonds is 7. The van der Waals surface area contributed by atoms with Gasteiger partial charge < -0.3 is 10.5 Å². The molecule has 0 aliphatic heterocycles. The first-order valence-electron chi connectivity index (χ1n) is 8.39. The number of nitrogens with two attached hydrogens (primary N) is 1. The number of anilines is 1. The fourth-order valence-electron chi connectivity index (χ4n) is 2.80. The number of fused-ring (bicyclic) bond motifs is 1. The lowest BCUT2D eigenvalue weighted by Gasteiger charge is -2.13. The highest BCUT2D eigenvalue weighted by molar-refractivity contribution is 7.92. The van der Waals surface area contributed by atoms with Crippen LogP contribution in [0, 0.1) is 0 Å². The summed E-state index contributed by atoms with van der Waals surface area (Å²) in [6, 6.07) is 10.9. The molecule has 0 atom stereocenters. The average molecular weight is 404 g/mol. The molecule has 10 heteroatoms. The molecule has 0 unspecified atom stereocenters. The van der Waals surface area contributed by atoms with Crippen molar-refractivity contribution in [2.24, 2.45) is 19.8 Å². The van der Waals surface area contributed by atoms with Gasteiger partial charge in [-0.3, -0.25) is 18.7 Å². The molecule has 3 aromatic rings. The number of carbonyl (C=O) groups excluding carboxylic acids is 1. The van der Waals surface area contributed by atoms with Crippen LogP contribution in [0.25, 0.3) is 11.0 Å². The van der Waals surface area contributed by atoms with Crippen molar-refractivity contribution in [3.8, 4) is 5.75 Å². The summed E-state index contributed by atoms with van der Waals surface area (Å²) >= 11 is 0. The Kier molecular flexibility index (Phi) is 5.14. The number of nitrogens with zero attached hydrogens (tertiary/aromatic N) is 2. The molecule has 0 saturated carbocycles. The summed E-state index contributed by atoms with van der Waals surface area (Å²) in [6.07, 6.45) is 0.0137. The van der Waals surface area contributed by atoms with Crippen LogP contribution in [-0.4, -0.2) is 30.1 Å². The number of para-hydroxylation sites is 2. The number of nitrogens with one attached hydrogen (secondary N) is 1. The van der Waals surface area contributed by atoms with E-state index in [0.29, 0.717) is 11.0 Å². The zero-order valence-electron chi connectivity index (χ0n) is 15.4. The standard InChI is InChI=1S/C18H20N4O5S/c1-21-14-8-7-12(11-15(14)22(2)18(21)24)28(25,26)20-13-5-3-4-6-16(13)27-10-9-17(19)23/h3-8,11,20H,9-10H2,1-2H3,(H2,19,23). The first-order valence-corrected chi connectivity index (χ1v) is 9.87. The number of sulfonamides is 1. The molecule has 0 saturated heterocycles. The molecule has 0 spiro atoms. The van der Waals surface area contributed by atoms with Crippen LogP contribution in [0.3, 0.4) is 0 Å². The fourth-order valence-corrected chi connectivity index (χ4v) is 3.89. The van der Waals surface area contributed by atoms with Gasteiger partial charge in [0.25, 0.3) is 10.0 Å². The van der Waals surface area contributed by atoms with Gasteiger partial charge in [0.2, 0.25) is 5.91 Å². The Morgan fingerprint density at radius 1 is 1.11 bits per heavy atom. The minimum Gasteiger partial charge on any atom is -0.491 e. The largest absolute Gasteiger partial charge is 0.491 e. The Balaban J connectivity index is 1.92. The van der Waals surface area contributed by atoms with E-state index in [1.54, 1.807) is 44.4 Å². The van der Waals surface area contributed by atoms with Gasteiger partial charge in [0.15, 0.2) is 0 Å². The van der Waals surface area contributed by atoms with Gasteiger partial charge in [0, 0.05) is 14.1 Å². The predicted octanol–water partition coefficient (Wildman–Crippen LogP) is 0.932. The Morgan fingerprint density at radius 3 is 2.50 bits per heavy atom. The van der Waals surface area contributed by atoms with E-state index in [2.05, 4.69) is 4.72 Å². The highest BCUT2D eigenvalue weighted by atomic mass is 32.2. The molecular weight excluding hydrogens is 384 g/mol. The van der Waals surface area contributed by atoms with Crippen LogP contribution in [0.4, 0.5) is 5.69 Å². The van der Waals surface area contributed by atoms with E-state index in [4.69, 9.17) is 10.5 Å². The third kappa shape index (κ3) is 3.72. The van der Waals surface area contributed by atoms with Gasteiger partial charge in [0.1, 0.15) is 5.75 Å². The van der Waals surface area contributed by atoms with Crippen LogP contribution in [0.2, 0.25) is 0 Å². The Labute approximate surface area is 161 Å². The summed E-state index contributed by atoms with van der Waals surface area (Å²) in [7, 11) is -0.734. The molecule has 0 aliphatic carbocycles. The summed E-state index contributed by atoms with van der Waals surface area (Å²) < 4.78 is 36.5. The van der Waals surface area contributed by atoms with E-state index in [9.17, 15) is 18.0 Å². The highest BCUT2D eigenvalue weighted by Gasteiger charge is 2.19. The molecule has 3 N–H and O–H groups in total. The molecule has 1 aromatic heterocycles. The second kappa shape index (κ2) is 7.39. The van der Waals surface area contributed by atoms with Crippen LogP contribution in [0.5, 0.6) is 5.75 Å². The molecule has 2 aromatic carbocycles. The second-order valence-corrected chi connectivity index (χ2v) is 7.90. The van der Waals surface area contributed by atoms with Crippen molar-refractivity contribution in [3.63, 3.8) is 0 Å². The number of aromatic nitrogens is 2. The van der Waals surface area contributed by atoms with E-state index in [0.717, 1.165) is 0 Å². The van der Waals surface area contributed by atoms with E-state index in [1.807, 2.05) is 0 Å². The lowest BCUT2D eigenvalue weighted by Crippen LogP contribution is -2.19. The number of benzene rings is 2. The molecule has 1 amide bonds. The fraction of sp³-hybridized carbons (Fsp3) is 0.222. The number of carbonyl (C=O) groups is 1. The van der Waals surface area contributed by atoms with Crippen LogP contribution in [0.15, 0.2) is 52.2 Å². The number of primary amides is 1. The van der Waals surface area contributed by atoms with Crippen molar-refractivity contribution in [3.05, 3.63) is 52.9 Å². The van der Waals surface area contributed by atoms with Gasteiger partial charge in [-0.1, -0.05) is 12.1 Å². The van der Waals surface area contributed by atoms with E-state index in [1.165, 1.54) is 21.3 Å². The number of imidazole rings is 1. The molecule has 9 nitrogen and oxygen atoms in total. The number of hydrogen-bond acceptors (Lipinski definition) is 5. The predicted molar refractivity (Wildman–Crippen MR) is 105 cm³/mol. The Hall–Kier alpha value is -3.27. The lowest BCUT2D eigenvalue weighted by molar-refractivity contribution is -0.118. The summed E-state index contributed by atoms with van der Waals surface area (Å²) in [4.78, 5) is 22.9. The normalized spacial score (nSPS) is 11.5. The van der Waals surface area contributed by atoms with Crippen molar-refractivity contribution in [2.75, 3.05) is 11.3 Å². The smallest absolute Gasteiger partial charge is 0.328 e. The topological polar surface area (TPSA) is 125 Å². The van der Waals surface area contributed by atoms with E-state index in [-0.39, 0.29) is 35.0 Å². The summed E-state index contributed by atoms with van der Waals surface area (Å²) in [5, 5.41) is 0. The van der Waals surface area contributed by atoms with Gasteiger partial charge in [0.05, 0.1) is 34.6 Å². The maximum absolute atomic E-state index is 12.8. The lowest BCUT2D eigenvalue weighted by atomic mass is 10.3. The maximum Gasteiger partial charge on any atom is 0.328 e. The van der Waals surface area contributed by atoms with Gasteiger partial charge >= 0.3 is 5.69 Å². The van der Waals surface area contributed by atoms with Crippen molar-refractivity contribution >= 4 is 32.7 Å². The molecule has 1 heterocycles. The molecule has 28 heavy (non-hydrogen) atoms. The molecule has 148 valence electrons. The quantitative estimate of drug-likeness (QED) is 0.606. The molecule has 0 radical (unpaired) electrons. The zero-order valence-corrected chi connectivity index (χ0v) is 16.2. The number of amides is 1. The molecule has 0 aliphatic rings. The first kappa shape index (κ1) is 19.5. The summed E-state index contributed by atoms with van der Waals surface area (Å²) in [5.41, 5.74) is 6.20. The minimum absolute atomic E-state index is 0.00754. The van der Waals surface area contributed by atoms with E-state index >= 15 is 0 Å². The van der Waals surface area contributed by atoms with Crippen LogP contribution >= 0.6 is 0 Å². The van der Waals surface area contributed by atoms with Gasteiger partial charge in [-0.05, 0) is 30.3 Å². The van der Waals surface area contributed by atoms with Crippen molar-refractivity contribution < 1.29 is 17.9 Å². The van der Waals surface area contributed by atoms with Crippen molar-refractivity contribution in [1.82, 2.24) is 9.13 Å². The van der Waals surface area contributed by atoms with Crippen molar-refractivity contribution in [2.45, 2.75) is 11.3 Å². The van der Waals surface area contributed by atoms with Crippen LogP contribution < -0.4 is 20.9 Å². The molecular formula is C18H20N4O5S. The summed E-state index contributed by atoms with van der Waals surface area (Å²) in [6.45, 7) is 0.0339. The first-order chi connectivity index (χ1) is 13.2. The molecule has 3 rings (SSSR count). The van der Waals surface area contributed by atoms with Gasteiger partial charge in [-0.2, -0.15) is 0 Å². The Bertz CT molecular complexity index is 1210. The SMILES string of the molecule is Cn1c(=O)n(C)c2cc(S(=O)(=O)Nc3ccccc3OCCC(N)=O)ccc21. The van der Waals surface area contributed by atoms with E-state index < -0.39 is 15.9 Å². The monoisotopic (exact) mass is 404 g/mol. The van der Waals surface area contributed by atoms with Crippen molar-refractivity contribution in [1.29, 1.82) is 0 Å². The van der Waals surface area contributed by atoms with Gasteiger partial charge in [-0.15, -0.1) is 0 Å². The number of hydrogen-bond donors (Lipinski definition) is 2. The Morgan fingerprint density at radius 2 is 1.79 bits per heavy atom. The average Bonchev–Trinajstić information content (AvgIpc) is 2.87. The van der Waals surface area contributed by atoms with Gasteiger partial charge in [-0.25, -0.2) is 13.2 Å². The minimum atomic E-state index is -3.94. The highest BCUT2D eigenvalue weighted by Crippen LogP contribution is 2.27. The summed E-state index contributed by atoms with van der Waals surface area (Å²) in [5.74, 6) is -0.236. The molecule has 0 fully saturated rings. The zero-order chi connectivity index (χ0) is 20.5. The number of ether oxygens (including phenoxy) is 1. The number of aryl methyl sites for hydroxylation is 2. The molecule has 0 bridgehead atoms. The van der Waals surface area contributed by atoms with Crippen LogP contribution in [0.1, 0.15) is 6.42 Å². The third-order valence-electron chi connectivity index (χ3n) is 4.29. The van der Waals surface area contributed by atoms with Crippen LogP contribution in [-0.2, 0) is 28.9 Å². The second-order valence-electron chi connectivity index (χ2n) is 6.22.